The van der Waals surface area contributed by atoms with Crippen molar-refractivity contribution in [2.45, 2.75) is 19.8 Å². The zero-order valence-electron chi connectivity index (χ0n) is 16.3. The molecule has 0 bridgehead atoms. The molecule has 1 aliphatic rings. The fraction of sp³-hybridized carbons (Fsp3) is 0.273. The van der Waals surface area contributed by atoms with Gasteiger partial charge in [0.25, 0.3) is 0 Å². The highest BCUT2D eigenvalue weighted by molar-refractivity contribution is 5.62. The lowest BCUT2D eigenvalue weighted by molar-refractivity contribution is 0.438. The number of nitrogens with one attached hydrogen (secondary N) is 2. The molecule has 2 heterocycles. The molecule has 4 rings (SSSR count). The minimum Gasteiger partial charge on any atom is -0.372 e. The van der Waals surface area contributed by atoms with Crippen LogP contribution in [0.15, 0.2) is 54.7 Å². The van der Waals surface area contributed by atoms with E-state index in [0.29, 0.717) is 17.3 Å². The quantitative estimate of drug-likeness (QED) is 0.670. The average Bonchev–Trinajstić information content (AvgIpc) is 2.75. The predicted molar refractivity (Wildman–Crippen MR) is 115 cm³/mol. The first-order chi connectivity index (χ1) is 14.2. The van der Waals surface area contributed by atoms with Crippen molar-refractivity contribution in [3.63, 3.8) is 0 Å². The Kier molecular flexibility index (Phi) is 5.52. The Morgan fingerprint density at radius 2 is 1.83 bits per heavy atom. The van der Waals surface area contributed by atoms with Gasteiger partial charge in [0.15, 0.2) is 5.82 Å². The van der Waals surface area contributed by atoms with Gasteiger partial charge in [0.2, 0.25) is 5.95 Å². The molecule has 0 atom stereocenters. The lowest BCUT2D eigenvalue weighted by Crippen LogP contribution is -2.32. The van der Waals surface area contributed by atoms with Crippen LogP contribution >= 0.6 is 0 Å². The Balaban J connectivity index is 1.42. The van der Waals surface area contributed by atoms with Crippen molar-refractivity contribution in [2.24, 2.45) is 5.92 Å². The van der Waals surface area contributed by atoms with Gasteiger partial charge in [-0.15, -0.1) is 5.10 Å². The lowest BCUT2D eigenvalue weighted by Gasteiger charge is -2.32. The number of piperidine rings is 1. The number of hydrogen-bond acceptors (Lipinski definition) is 7. The highest BCUT2D eigenvalue weighted by Crippen LogP contribution is 2.25. The van der Waals surface area contributed by atoms with E-state index in [1.165, 1.54) is 18.5 Å². The van der Waals surface area contributed by atoms with E-state index >= 15 is 0 Å². The van der Waals surface area contributed by atoms with E-state index in [1.54, 1.807) is 18.3 Å². The summed E-state index contributed by atoms with van der Waals surface area (Å²) in [7, 11) is 0. The molecule has 7 nitrogen and oxygen atoms in total. The molecule has 1 fully saturated rings. The van der Waals surface area contributed by atoms with Crippen LogP contribution in [-0.4, -0.2) is 28.3 Å². The Bertz CT molecular complexity index is 1000. The monoisotopic (exact) mass is 385 g/mol. The van der Waals surface area contributed by atoms with Crippen molar-refractivity contribution in [3.8, 4) is 6.07 Å². The zero-order valence-corrected chi connectivity index (χ0v) is 16.3. The third-order valence-electron chi connectivity index (χ3n) is 5.10. The largest absolute Gasteiger partial charge is 0.372 e. The van der Waals surface area contributed by atoms with E-state index in [2.05, 4.69) is 55.8 Å². The van der Waals surface area contributed by atoms with Gasteiger partial charge in [0.05, 0.1) is 17.8 Å². The molecule has 0 spiro atoms. The highest BCUT2D eigenvalue weighted by atomic mass is 15.3. The van der Waals surface area contributed by atoms with Gasteiger partial charge < -0.3 is 15.5 Å². The molecule has 0 saturated carbocycles. The minimum absolute atomic E-state index is 0.408. The molecule has 146 valence electrons. The Morgan fingerprint density at radius 1 is 1.03 bits per heavy atom. The maximum absolute atomic E-state index is 9.02. The first-order valence-corrected chi connectivity index (χ1v) is 9.78. The SMILES string of the molecule is CC1CCN(c2ccc(Nc3nncc(Nc4cccc(C#N)c4)n3)cc2)CC1. The normalized spacial score (nSPS) is 14.3. The van der Waals surface area contributed by atoms with Gasteiger partial charge in [-0.3, -0.25) is 0 Å². The lowest BCUT2D eigenvalue weighted by atomic mass is 9.99. The van der Waals surface area contributed by atoms with Crippen LogP contribution in [0.5, 0.6) is 0 Å². The summed E-state index contributed by atoms with van der Waals surface area (Å²) < 4.78 is 0. The van der Waals surface area contributed by atoms with Gasteiger partial charge in [0, 0.05) is 30.2 Å². The summed E-state index contributed by atoms with van der Waals surface area (Å²) >= 11 is 0. The van der Waals surface area contributed by atoms with Crippen molar-refractivity contribution in [1.29, 1.82) is 5.26 Å². The van der Waals surface area contributed by atoms with E-state index in [9.17, 15) is 0 Å². The molecule has 3 aromatic rings. The maximum Gasteiger partial charge on any atom is 0.249 e. The fourth-order valence-corrected chi connectivity index (χ4v) is 3.38. The van der Waals surface area contributed by atoms with Crippen LogP contribution in [0.1, 0.15) is 25.3 Å². The summed E-state index contributed by atoms with van der Waals surface area (Å²) in [5, 5.41) is 23.4. The van der Waals surface area contributed by atoms with Gasteiger partial charge >= 0.3 is 0 Å². The van der Waals surface area contributed by atoms with Crippen LogP contribution < -0.4 is 15.5 Å². The highest BCUT2D eigenvalue weighted by Gasteiger charge is 2.15. The third kappa shape index (κ3) is 4.79. The number of anilines is 5. The number of benzene rings is 2. The molecule has 1 saturated heterocycles. The first-order valence-electron chi connectivity index (χ1n) is 9.78. The average molecular weight is 385 g/mol. The second-order valence-electron chi connectivity index (χ2n) is 7.32. The summed E-state index contributed by atoms with van der Waals surface area (Å²) in [6, 6.07) is 17.6. The van der Waals surface area contributed by atoms with Crippen molar-refractivity contribution < 1.29 is 0 Å². The summed E-state index contributed by atoms with van der Waals surface area (Å²) in [4.78, 5) is 6.88. The smallest absolute Gasteiger partial charge is 0.249 e. The van der Waals surface area contributed by atoms with Crippen LogP contribution in [0.2, 0.25) is 0 Å². The molecule has 7 heteroatoms. The molecule has 29 heavy (non-hydrogen) atoms. The van der Waals surface area contributed by atoms with Crippen molar-refractivity contribution >= 4 is 28.8 Å². The van der Waals surface area contributed by atoms with Gasteiger partial charge in [-0.25, -0.2) is 0 Å². The number of nitriles is 1. The molecule has 2 aromatic carbocycles. The summed E-state index contributed by atoms with van der Waals surface area (Å²) in [6.45, 7) is 4.55. The van der Waals surface area contributed by atoms with Crippen LogP contribution in [-0.2, 0) is 0 Å². The summed E-state index contributed by atoms with van der Waals surface area (Å²) in [6.07, 6.45) is 4.04. The van der Waals surface area contributed by atoms with E-state index in [4.69, 9.17) is 5.26 Å². The second kappa shape index (κ2) is 8.57. The maximum atomic E-state index is 9.02. The van der Waals surface area contributed by atoms with E-state index in [-0.39, 0.29) is 0 Å². The standard InChI is InChI=1S/C22H23N7/c1-16-9-11-29(12-10-16)20-7-5-18(6-8-20)26-22-27-21(15-24-28-22)25-19-4-2-3-17(13-19)14-23/h2-8,13,15-16H,9-12H2,1H3,(H2,25,26,27,28). The number of hydrogen-bond donors (Lipinski definition) is 2. The van der Waals surface area contributed by atoms with Gasteiger partial charge in [-0.05, 0) is 61.2 Å². The topological polar surface area (TPSA) is 89.8 Å². The molecular formula is C22H23N7. The molecule has 1 aliphatic heterocycles. The van der Waals surface area contributed by atoms with Gasteiger partial charge in [-0.2, -0.15) is 15.3 Å². The first kappa shape index (κ1) is 18.7. The van der Waals surface area contributed by atoms with Crippen LogP contribution in [0.3, 0.4) is 0 Å². The van der Waals surface area contributed by atoms with E-state index < -0.39 is 0 Å². The summed E-state index contributed by atoms with van der Waals surface area (Å²) in [5.41, 5.74) is 3.51. The molecular weight excluding hydrogens is 362 g/mol. The van der Waals surface area contributed by atoms with Crippen molar-refractivity contribution in [1.82, 2.24) is 15.2 Å². The van der Waals surface area contributed by atoms with E-state index in [0.717, 1.165) is 30.4 Å². The number of aromatic nitrogens is 3. The number of rotatable bonds is 5. The molecule has 0 amide bonds. The van der Waals surface area contributed by atoms with Crippen LogP contribution in [0.4, 0.5) is 28.8 Å². The molecule has 2 N–H and O–H groups in total. The Morgan fingerprint density at radius 3 is 2.59 bits per heavy atom. The van der Waals surface area contributed by atoms with Gasteiger partial charge in [0.1, 0.15) is 0 Å². The zero-order chi connectivity index (χ0) is 20.1. The van der Waals surface area contributed by atoms with Crippen molar-refractivity contribution in [2.75, 3.05) is 28.6 Å². The third-order valence-corrected chi connectivity index (χ3v) is 5.10. The molecule has 0 unspecified atom stereocenters. The Hall–Kier alpha value is -3.66. The number of nitrogens with zero attached hydrogens (tertiary/aromatic N) is 5. The molecule has 1 aromatic heterocycles. The van der Waals surface area contributed by atoms with Crippen LogP contribution in [0.25, 0.3) is 0 Å². The van der Waals surface area contributed by atoms with E-state index in [1.807, 2.05) is 24.3 Å². The van der Waals surface area contributed by atoms with Crippen LogP contribution in [0, 0.1) is 17.2 Å². The molecule has 0 aliphatic carbocycles. The Labute approximate surface area is 170 Å². The molecule has 0 radical (unpaired) electrons. The fourth-order valence-electron chi connectivity index (χ4n) is 3.38. The minimum atomic E-state index is 0.408. The van der Waals surface area contributed by atoms with Crippen molar-refractivity contribution in [3.05, 3.63) is 60.3 Å². The predicted octanol–water partition coefficient (Wildman–Crippen LogP) is 4.47. The van der Waals surface area contributed by atoms with Gasteiger partial charge in [-0.1, -0.05) is 13.0 Å². The summed E-state index contributed by atoms with van der Waals surface area (Å²) in [5.74, 6) is 1.78. The second-order valence-corrected chi connectivity index (χ2v) is 7.32.